The van der Waals surface area contributed by atoms with Gasteiger partial charge in [0, 0.05) is 39.0 Å². The number of anilines is 2. The van der Waals surface area contributed by atoms with Crippen LogP contribution >= 0.6 is 23.5 Å². The van der Waals surface area contributed by atoms with E-state index < -0.39 is 140 Å². The van der Waals surface area contributed by atoms with Crippen molar-refractivity contribution in [1.82, 2.24) is 43.6 Å². The van der Waals surface area contributed by atoms with Gasteiger partial charge in [-0.25, -0.2) is 38.0 Å². The molecule has 3 unspecified atom stereocenters. The lowest BCUT2D eigenvalue weighted by Crippen LogP contribution is -2.45. The van der Waals surface area contributed by atoms with E-state index in [-0.39, 0.29) is 47.1 Å². The number of rotatable bonds is 22. The second-order valence-corrected chi connectivity index (χ2v) is 21.1. The van der Waals surface area contributed by atoms with Gasteiger partial charge >= 0.3 is 34.8 Å². The zero-order chi connectivity index (χ0) is 52.7. The van der Waals surface area contributed by atoms with Gasteiger partial charge in [-0.2, -0.15) is 8.62 Å². The number of methoxy groups -OCH3 is 2. The number of nitrogen functional groups attached to an aromatic ring is 2. The number of nitrogens with one attached hydrogen (secondary N) is 2. The van der Waals surface area contributed by atoms with Crippen molar-refractivity contribution in [3.63, 3.8) is 0 Å². The Bertz CT molecular complexity index is 3120. The number of hydrogen-bond acceptors (Lipinski definition) is 26. The number of ether oxygens (including phenoxy) is 7. The van der Waals surface area contributed by atoms with Crippen LogP contribution in [-0.2, 0) is 71.6 Å². The highest BCUT2D eigenvalue weighted by Crippen LogP contribution is 2.68. The predicted octanol–water partition coefficient (Wildman–Crippen LogP) is -3.73. The number of aliphatic hydroxyl groups excluding tert-OH is 3. The number of aryl methyl sites for hydroxylation is 1. The Hall–Kier alpha value is -4.81. The minimum Gasteiger partial charge on any atom is -0.387 e. The van der Waals surface area contributed by atoms with Crippen LogP contribution in [0.5, 0.6) is 0 Å². The van der Waals surface area contributed by atoms with Gasteiger partial charge in [0.05, 0.1) is 39.3 Å². The Morgan fingerprint density at radius 1 is 0.822 bits per heavy atom. The zero-order valence-corrected chi connectivity index (χ0v) is 40.9. The summed E-state index contributed by atoms with van der Waals surface area (Å²) in [5.41, 5.74) is 9.88. The first-order valence-corrected chi connectivity index (χ1v) is 25.9. The highest BCUT2D eigenvalue weighted by molar-refractivity contribution is 7.66. The quantitative estimate of drug-likeness (QED) is 0.0138. The Kier molecular flexibility index (Phi) is 16.3. The number of aliphatic hydroxyl groups is 3. The molecule has 38 heteroatoms. The van der Waals surface area contributed by atoms with Crippen LogP contribution in [0.4, 0.5) is 11.8 Å². The molecule has 0 bridgehead atoms. The number of nitrogens with zero attached hydrogens (tertiary/aromatic N) is 8. The van der Waals surface area contributed by atoms with E-state index >= 15 is 0 Å². The maximum Gasteiger partial charge on any atom is 0.490 e. The highest BCUT2D eigenvalue weighted by Gasteiger charge is 2.52. The van der Waals surface area contributed by atoms with Crippen molar-refractivity contribution in [2.24, 2.45) is 13.0 Å². The molecule has 0 amide bonds. The number of phosphoric ester groups is 2. The average molecular weight is 1100 g/mol. The van der Waals surface area contributed by atoms with Gasteiger partial charge < -0.3 is 74.6 Å². The van der Waals surface area contributed by atoms with E-state index in [0.29, 0.717) is 0 Å². The van der Waals surface area contributed by atoms with Crippen LogP contribution in [0.1, 0.15) is 25.1 Å². The normalized spacial score (nSPS) is 30.0. The smallest absolute Gasteiger partial charge is 0.387 e. The van der Waals surface area contributed by atoms with Gasteiger partial charge in [0.15, 0.2) is 30.2 Å². The summed E-state index contributed by atoms with van der Waals surface area (Å²) in [5, 5.41) is 32.6. The van der Waals surface area contributed by atoms with Gasteiger partial charge in [-0.3, -0.25) is 42.3 Å². The lowest BCUT2D eigenvalue weighted by Gasteiger charge is -2.24. The second-order valence-electron chi connectivity index (χ2n) is 16.5. The van der Waals surface area contributed by atoms with Gasteiger partial charge in [0.1, 0.15) is 61.4 Å². The third-order valence-electron chi connectivity index (χ3n) is 11.8. The van der Waals surface area contributed by atoms with E-state index in [9.17, 15) is 58.1 Å². The molecule has 35 nitrogen and oxygen atoms in total. The molecule has 3 fully saturated rings. The van der Waals surface area contributed by atoms with Crippen LogP contribution in [0.15, 0.2) is 45.6 Å². The fourth-order valence-corrected chi connectivity index (χ4v) is 12.0. The Balaban J connectivity index is 0.914. The third kappa shape index (κ3) is 11.7. The van der Waals surface area contributed by atoms with E-state index in [1.807, 2.05) is 4.98 Å². The molecule has 5 aromatic heterocycles. The van der Waals surface area contributed by atoms with Crippen molar-refractivity contribution in [3.05, 3.63) is 62.4 Å². The van der Waals surface area contributed by atoms with E-state index in [1.165, 1.54) is 47.6 Å². The molecule has 0 saturated carbocycles. The summed E-state index contributed by atoms with van der Waals surface area (Å²) in [6.07, 6.45) is -10.1. The molecule has 12 N–H and O–H groups in total. The fraction of sp³-hybridized carbons (Fsp3) is 0.600. The third-order valence-corrected chi connectivity index (χ3v) is 16.0. The minimum atomic E-state index is -6.07. The summed E-state index contributed by atoms with van der Waals surface area (Å²) < 4.78 is 103. The standard InChI is InChI=1S/C35H49N12O23P3/c1-44-13-47(29-21(44)30(52)43-34(37)42-29)31-22(49)15(5-7-60-2)16(66-31)9-64-71(54,55)69-73(58,59)70-72(56,57)65-10-18-25(26(61-3)33(68-18)46-12-40-20-27(36)38-11-39-28(20)46)63-14-62-8-17-23(50)24(51)32(67-17)45-6-4-19(48)41-35(45)53/h4,6,11-13,15-18,22-26,31-33,49-51H,5,7-10,14H2,1-3H3,(H8-,36,37,38,39,41,42,43,48,52,53,54,55,56,57,58,59)/p+1/t15-,16-,17-,18-,22-,23-,24-,25-,26-,31-,32-,33-/m1/s1. The summed E-state index contributed by atoms with van der Waals surface area (Å²) in [6, 6.07) is 1.01. The molecule has 0 aromatic carbocycles. The lowest BCUT2D eigenvalue weighted by molar-refractivity contribution is -0.745. The van der Waals surface area contributed by atoms with E-state index in [4.69, 9.17) is 53.7 Å². The highest BCUT2D eigenvalue weighted by atomic mass is 31.3. The number of hydrogen-bond donors (Lipinski definition) is 10. The van der Waals surface area contributed by atoms with Crippen LogP contribution in [0.2, 0.25) is 0 Å². The number of imidazole rings is 2. The van der Waals surface area contributed by atoms with Crippen molar-refractivity contribution in [1.29, 1.82) is 0 Å². The second kappa shape index (κ2) is 21.8. The average Bonchev–Trinajstić information content (AvgIpc) is 4.11. The molecule has 15 atom stereocenters. The van der Waals surface area contributed by atoms with Gasteiger partial charge in [-0.15, -0.1) is 0 Å². The molecular weight excluding hydrogens is 1050 g/mol. The maximum absolute atomic E-state index is 13.2. The van der Waals surface area contributed by atoms with Crippen LogP contribution in [0.3, 0.4) is 0 Å². The van der Waals surface area contributed by atoms with Crippen molar-refractivity contribution >= 4 is 57.6 Å². The molecule has 3 aliphatic rings. The van der Waals surface area contributed by atoms with Gasteiger partial charge in [-0.1, -0.05) is 4.98 Å². The largest absolute Gasteiger partial charge is 0.490 e. The summed E-state index contributed by atoms with van der Waals surface area (Å²) in [4.78, 5) is 88.9. The van der Waals surface area contributed by atoms with Gasteiger partial charge in [-0.05, 0) is 6.42 Å². The summed E-state index contributed by atoms with van der Waals surface area (Å²) in [7, 11) is -13.4. The molecule has 402 valence electrons. The number of aromatic amines is 2. The van der Waals surface area contributed by atoms with Crippen LogP contribution in [0, 0.1) is 5.92 Å². The molecule has 5 aromatic rings. The van der Waals surface area contributed by atoms with Crippen LogP contribution in [0.25, 0.3) is 22.3 Å². The Labute approximate surface area is 407 Å². The number of aromatic nitrogens is 10. The van der Waals surface area contributed by atoms with Crippen molar-refractivity contribution in [3.8, 4) is 0 Å². The van der Waals surface area contributed by atoms with Crippen molar-refractivity contribution in [2.45, 2.75) is 73.9 Å². The monoisotopic (exact) mass is 1100 g/mol. The molecule has 0 radical (unpaired) electrons. The van der Waals surface area contributed by atoms with Crippen molar-refractivity contribution < 1.29 is 99.1 Å². The number of phosphoric acid groups is 3. The summed E-state index contributed by atoms with van der Waals surface area (Å²) in [6.45, 7) is -2.96. The van der Waals surface area contributed by atoms with Crippen LogP contribution < -0.4 is 32.8 Å². The Morgan fingerprint density at radius 2 is 1.52 bits per heavy atom. The van der Waals surface area contributed by atoms with Crippen molar-refractivity contribution in [2.75, 3.05) is 58.9 Å². The zero-order valence-electron chi connectivity index (χ0n) is 38.3. The predicted molar refractivity (Wildman–Crippen MR) is 237 cm³/mol. The Morgan fingerprint density at radius 3 is 2.21 bits per heavy atom. The van der Waals surface area contributed by atoms with E-state index in [1.54, 1.807) is 0 Å². The van der Waals surface area contributed by atoms with Gasteiger partial charge in [0.2, 0.25) is 11.7 Å². The molecule has 3 aliphatic heterocycles. The van der Waals surface area contributed by atoms with Crippen LogP contribution in [-0.4, -0.2) is 170 Å². The van der Waals surface area contributed by atoms with E-state index in [0.717, 1.165) is 23.2 Å². The number of H-pyrrole nitrogens is 2. The first-order chi connectivity index (χ1) is 34.5. The molecule has 0 spiro atoms. The molecule has 8 rings (SSSR count). The first-order valence-electron chi connectivity index (χ1n) is 21.4. The maximum atomic E-state index is 13.2. The lowest BCUT2D eigenvalue weighted by atomic mass is 9.95. The topological polar surface area (TPSA) is 479 Å². The SMILES string of the molecule is COCC[C@H]1[C@@H](O)[C@H]([n+]2cn(C)c3c(=O)[nH]c(N)nc32)O[C@@H]1COP(=O)(O)OP(=O)(O)OP(=O)(O)OC[C@H]1O[C@@H](n2cnc3c(N)ncnc32)[C@H](OC)[C@@H]1OCOC[C@H]1O[C@@H](n2ccc(=O)[nH]c2=O)[C@H](O)[C@@H]1O. The minimum absolute atomic E-state index is 0.00290. The fourth-order valence-electron chi connectivity index (χ4n) is 8.50. The molecule has 8 heterocycles. The van der Waals surface area contributed by atoms with E-state index in [2.05, 4.69) is 33.5 Å². The number of fused-ring (bicyclic) bond motifs is 2. The first kappa shape index (κ1) is 54.5. The summed E-state index contributed by atoms with van der Waals surface area (Å²) in [5.74, 6) is -1.14. The molecular formula is C35H50N12O23P3+. The van der Waals surface area contributed by atoms with Gasteiger partial charge in [0.25, 0.3) is 17.1 Å². The number of nitrogens with two attached hydrogens (primary N) is 2. The molecule has 0 aliphatic carbocycles. The molecule has 3 saturated heterocycles. The summed E-state index contributed by atoms with van der Waals surface area (Å²) >= 11 is 0. The molecule has 73 heavy (non-hydrogen) atoms.